The zero-order valence-electron chi connectivity index (χ0n) is 8.93. The molecule has 1 amide bonds. The first-order valence-electron chi connectivity index (χ1n) is 4.94. The molecule has 4 N–H and O–H groups in total. The lowest BCUT2D eigenvalue weighted by atomic mass is 10.1. The molecule has 5 heteroatoms. The average Bonchev–Trinajstić information content (AvgIpc) is 2.25. The average molecular weight is 222 g/mol. The number of carboxylic acid groups (broad SMARTS) is 1. The number of carboxylic acids is 1. The van der Waals surface area contributed by atoms with Crippen molar-refractivity contribution in [2.24, 2.45) is 5.73 Å². The molecule has 0 aliphatic heterocycles. The summed E-state index contributed by atoms with van der Waals surface area (Å²) in [5.74, 6) is -1.54. The van der Waals surface area contributed by atoms with E-state index in [-0.39, 0.29) is 0 Å². The Kier molecular flexibility index (Phi) is 3.88. The molecule has 1 aromatic carbocycles. The number of primary amides is 1. The number of amides is 1. The molecule has 0 aromatic heterocycles. The summed E-state index contributed by atoms with van der Waals surface area (Å²) in [5.41, 5.74) is 5.92. The van der Waals surface area contributed by atoms with Crippen LogP contribution in [0.15, 0.2) is 24.3 Å². The molecule has 0 bridgehead atoms. The molecular formula is C11H14N2O3. The van der Waals surface area contributed by atoms with Gasteiger partial charge in [-0.3, -0.25) is 4.79 Å². The number of nitrogens with one attached hydrogen (secondary N) is 1. The van der Waals surface area contributed by atoms with Crippen LogP contribution in [0.4, 0.5) is 5.69 Å². The van der Waals surface area contributed by atoms with E-state index < -0.39 is 17.9 Å². The van der Waals surface area contributed by atoms with E-state index in [1.807, 2.05) is 0 Å². The highest BCUT2D eigenvalue weighted by Gasteiger charge is 2.16. The van der Waals surface area contributed by atoms with Gasteiger partial charge in [0.25, 0.3) is 5.91 Å². The highest BCUT2D eigenvalue weighted by Crippen LogP contribution is 2.16. The van der Waals surface area contributed by atoms with Gasteiger partial charge in [-0.25, -0.2) is 4.79 Å². The maximum absolute atomic E-state index is 11.1. The third-order valence-electron chi connectivity index (χ3n) is 2.23. The number of carbonyl (C=O) groups excluding carboxylic acids is 1. The number of benzene rings is 1. The highest BCUT2D eigenvalue weighted by atomic mass is 16.4. The van der Waals surface area contributed by atoms with Crippen LogP contribution in [0.5, 0.6) is 0 Å². The molecule has 16 heavy (non-hydrogen) atoms. The molecule has 1 atom stereocenters. The maximum atomic E-state index is 11.1. The summed E-state index contributed by atoms with van der Waals surface area (Å²) in [7, 11) is 0. The standard InChI is InChI=1S/C11H14N2O3/c1-2-8(11(15)16)13-9-6-4-3-5-7(9)10(12)14/h3-6,8,13H,2H2,1H3,(H2,12,14)(H,15,16). The molecule has 86 valence electrons. The molecule has 0 saturated heterocycles. The fraction of sp³-hybridized carbons (Fsp3) is 0.273. The lowest BCUT2D eigenvalue weighted by Gasteiger charge is -2.15. The number of para-hydroxylation sites is 1. The lowest BCUT2D eigenvalue weighted by molar-refractivity contribution is -0.137. The van der Waals surface area contributed by atoms with Crippen LogP contribution in [0.2, 0.25) is 0 Å². The molecule has 1 aromatic rings. The van der Waals surface area contributed by atoms with Gasteiger partial charge >= 0.3 is 5.97 Å². The van der Waals surface area contributed by atoms with E-state index >= 15 is 0 Å². The van der Waals surface area contributed by atoms with Crippen molar-refractivity contribution >= 4 is 17.6 Å². The number of anilines is 1. The Hall–Kier alpha value is -2.04. The predicted octanol–water partition coefficient (Wildman–Crippen LogP) is 1.06. The smallest absolute Gasteiger partial charge is 0.326 e. The number of hydrogen-bond acceptors (Lipinski definition) is 3. The van der Waals surface area contributed by atoms with Crippen molar-refractivity contribution in [1.29, 1.82) is 0 Å². The van der Waals surface area contributed by atoms with Gasteiger partial charge in [0.2, 0.25) is 0 Å². The van der Waals surface area contributed by atoms with Crippen LogP contribution < -0.4 is 11.1 Å². The van der Waals surface area contributed by atoms with E-state index in [2.05, 4.69) is 5.32 Å². The molecule has 0 heterocycles. The van der Waals surface area contributed by atoms with E-state index in [1.54, 1.807) is 31.2 Å². The zero-order valence-corrected chi connectivity index (χ0v) is 8.93. The van der Waals surface area contributed by atoms with E-state index in [9.17, 15) is 9.59 Å². The van der Waals surface area contributed by atoms with Crippen molar-refractivity contribution < 1.29 is 14.7 Å². The van der Waals surface area contributed by atoms with Gasteiger partial charge in [-0.15, -0.1) is 0 Å². The Bertz CT molecular complexity index is 404. The van der Waals surface area contributed by atoms with E-state index in [1.165, 1.54) is 0 Å². The van der Waals surface area contributed by atoms with Crippen LogP contribution in [0.1, 0.15) is 23.7 Å². The van der Waals surface area contributed by atoms with Crippen LogP contribution in [0.25, 0.3) is 0 Å². The molecule has 0 radical (unpaired) electrons. The number of carbonyl (C=O) groups is 2. The van der Waals surface area contributed by atoms with Gasteiger partial charge in [-0.05, 0) is 18.6 Å². The van der Waals surface area contributed by atoms with Crippen LogP contribution in [-0.2, 0) is 4.79 Å². The molecule has 1 unspecified atom stereocenters. The molecule has 0 spiro atoms. The number of hydrogen-bond donors (Lipinski definition) is 3. The minimum absolute atomic E-state index is 0.294. The Morgan fingerprint density at radius 2 is 2.06 bits per heavy atom. The second-order valence-electron chi connectivity index (χ2n) is 3.35. The Balaban J connectivity index is 2.95. The number of rotatable bonds is 5. The zero-order chi connectivity index (χ0) is 12.1. The van der Waals surface area contributed by atoms with Crippen LogP contribution in [0.3, 0.4) is 0 Å². The molecular weight excluding hydrogens is 208 g/mol. The summed E-state index contributed by atoms with van der Waals surface area (Å²) in [6.45, 7) is 1.75. The first-order valence-corrected chi connectivity index (χ1v) is 4.94. The minimum Gasteiger partial charge on any atom is -0.480 e. The van der Waals surface area contributed by atoms with Gasteiger partial charge in [0.05, 0.1) is 5.56 Å². The third kappa shape index (κ3) is 2.73. The monoisotopic (exact) mass is 222 g/mol. The second-order valence-corrected chi connectivity index (χ2v) is 3.35. The van der Waals surface area contributed by atoms with Gasteiger partial charge < -0.3 is 16.2 Å². The molecule has 0 aliphatic carbocycles. The van der Waals surface area contributed by atoms with Gasteiger partial charge in [-0.1, -0.05) is 19.1 Å². The van der Waals surface area contributed by atoms with Crippen LogP contribution >= 0.6 is 0 Å². The number of nitrogens with two attached hydrogens (primary N) is 1. The number of aliphatic carboxylic acids is 1. The van der Waals surface area contributed by atoms with Gasteiger partial charge in [0.1, 0.15) is 6.04 Å². The summed E-state index contributed by atoms with van der Waals surface area (Å²) < 4.78 is 0. The quantitative estimate of drug-likeness (QED) is 0.694. The van der Waals surface area contributed by atoms with E-state index in [4.69, 9.17) is 10.8 Å². The first kappa shape index (κ1) is 12.0. The summed E-state index contributed by atoms with van der Waals surface area (Å²) in [6.07, 6.45) is 0.419. The first-order chi connectivity index (χ1) is 7.56. The van der Waals surface area contributed by atoms with Gasteiger partial charge in [0, 0.05) is 5.69 Å². The Morgan fingerprint density at radius 1 is 1.44 bits per heavy atom. The molecule has 0 fully saturated rings. The van der Waals surface area contributed by atoms with Crippen molar-refractivity contribution in [2.45, 2.75) is 19.4 Å². The molecule has 0 saturated carbocycles. The van der Waals surface area contributed by atoms with E-state index in [0.29, 0.717) is 17.7 Å². The molecule has 5 nitrogen and oxygen atoms in total. The fourth-order valence-corrected chi connectivity index (χ4v) is 1.35. The fourth-order valence-electron chi connectivity index (χ4n) is 1.35. The summed E-state index contributed by atoms with van der Waals surface area (Å²) in [4.78, 5) is 21.9. The summed E-state index contributed by atoms with van der Waals surface area (Å²) >= 11 is 0. The Morgan fingerprint density at radius 3 is 2.56 bits per heavy atom. The summed E-state index contributed by atoms with van der Waals surface area (Å²) in [5, 5.41) is 11.7. The van der Waals surface area contributed by atoms with Crippen molar-refractivity contribution in [3.63, 3.8) is 0 Å². The predicted molar refractivity (Wildman–Crippen MR) is 60.3 cm³/mol. The Labute approximate surface area is 93.3 Å². The normalized spacial score (nSPS) is 11.8. The minimum atomic E-state index is -0.957. The van der Waals surface area contributed by atoms with E-state index in [0.717, 1.165) is 0 Å². The van der Waals surface area contributed by atoms with Crippen molar-refractivity contribution in [3.8, 4) is 0 Å². The largest absolute Gasteiger partial charge is 0.480 e. The van der Waals surface area contributed by atoms with Crippen LogP contribution in [0, 0.1) is 0 Å². The van der Waals surface area contributed by atoms with Gasteiger partial charge in [0.15, 0.2) is 0 Å². The second kappa shape index (κ2) is 5.16. The van der Waals surface area contributed by atoms with Crippen LogP contribution in [-0.4, -0.2) is 23.0 Å². The third-order valence-corrected chi connectivity index (χ3v) is 2.23. The maximum Gasteiger partial charge on any atom is 0.326 e. The van der Waals surface area contributed by atoms with Gasteiger partial charge in [-0.2, -0.15) is 0 Å². The topological polar surface area (TPSA) is 92.4 Å². The van der Waals surface area contributed by atoms with Crippen molar-refractivity contribution in [2.75, 3.05) is 5.32 Å². The highest BCUT2D eigenvalue weighted by molar-refractivity contribution is 5.99. The SMILES string of the molecule is CCC(Nc1ccccc1C(N)=O)C(=O)O. The van der Waals surface area contributed by atoms with Crippen molar-refractivity contribution in [1.82, 2.24) is 0 Å². The lowest BCUT2D eigenvalue weighted by Crippen LogP contribution is -2.29. The molecule has 0 aliphatic rings. The van der Waals surface area contributed by atoms with Crippen molar-refractivity contribution in [3.05, 3.63) is 29.8 Å². The molecule has 1 rings (SSSR count). The summed E-state index contributed by atoms with van der Waals surface area (Å²) in [6, 6.07) is 5.85.